The molecule has 8 nitrogen and oxygen atoms in total. The number of anilines is 2. The maximum absolute atomic E-state index is 14.2. The third-order valence-electron chi connectivity index (χ3n) is 8.65. The first-order valence-electron chi connectivity index (χ1n) is 14.2. The number of rotatable bonds is 7. The summed E-state index contributed by atoms with van der Waals surface area (Å²) < 4.78 is 29.7. The highest BCUT2D eigenvalue weighted by molar-refractivity contribution is 5.84. The average molecular weight is 525 g/mol. The summed E-state index contributed by atoms with van der Waals surface area (Å²) in [5, 5.41) is 5.76. The Morgan fingerprint density at radius 1 is 0.947 bits per heavy atom. The molecule has 3 aromatic rings. The van der Waals surface area contributed by atoms with Gasteiger partial charge in [0.1, 0.15) is 11.6 Å². The van der Waals surface area contributed by atoms with Gasteiger partial charge >= 0.3 is 0 Å². The quantitative estimate of drug-likeness (QED) is 0.392. The van der Waals surface area contributed by atoms with Gasteiger partial charge in [-0.1, -0.05) is 18.9 Å². The van der Waals surface area contributed by atoms with Crippen LogP contribution in [0.2, 0.25) is 0 Å². The number of hydrazine groups is 1. The summed E-state index contributed by atoms with van der Waals surface area (Å²) in [6.45, 7) is 1.62. The van der Waals surface area contributed by atoms with Crippen LogP contribution >= 0.6 is 0 Å². The van der Waals surface area contributed by atoms with Gasteiger partial charge in [-0.15, -0.1) is 0 Å². The van der Waals surface area contributed by atoms with E-state index in [0.717, 1.165) is 87.5 Å². The summed E-state index contributed by atoms with van der Waals surface area (Å²) in [5.41, 5.74) is 11.9. The zero-order valence-corrected chi connectivity index (χ0v) is 21.9. The molecule has 3 aliphatic rings. The van der Waals surface area contributed by atoms with Gasteiger partial charge in [0.15, 0.2) is 17.0 Å². The normalized spacial score (nSPS) is 23.8. The van der Waals surface area contributed by atoms with Crippen LogP contribution in [0.15, 0.2) is 24.5 Å². The molecule has 0 spiro atoms. The van der Waals surface area contributed by atoms with Crippen LogP contribution in [0.25, 0.3) is 11.2 Å². The standard InChI is InChI=1S/C28H38F2N8/c29-20-6-5-19(24(30)16-20)15-18-11-13-37(14-12-18)36-26-25-27(38(17-32-25)23-3-1-2-4-23)35-28(34-26)33-22-9-7-21(31)8-10-22/h5-6,16-18,21-23H,1-4,7-15,31H2,(H2,33,34,35,36). The van der Waals surface area contributed by atoms with Crippen LogP contribution in [0.4, 0.5) is 20.5 Å². The fraction of sp³-hybridized carbons (Fsp3) is 0.607. The summed E-state index contributed by atoms with van der Waals surface area (Å²) in [6, 6.07) is 4.94. The number of nitrogens with zero attached hydrogens (tertiary/aromatic N) is 5. The van der Waals surface area contributed by atoms with Crippen molar-refractivity contribution in [2.45, 2.75) is 88.8 Å². The number of hydrogen-bond acceptors (Lipinski definition) is 7. The second-order valence-electron chi connectivity index (χ2n) is 11.4. The van der Waals surface area contributed by atoms with Crippen molar-refractivity contribution in [2.24, 2.45) is 11.7 Å². The monoisotopic (exact) mass is 524 g/mol. The minimum Gasteiger partial charge on any atom is -0.351 e. The molecule has 0 radical (unpaired) electrons. The number of fused-ring (bicyclic) bond motifs is 1. The van der Waals surface area contributed by atoms with E-state index in [2.05, 4.69) is 20.3 Å². The maximum atomic E-state index is 14.2. The zero-order chi connectivity index (χ0) is 26.1. The molecular formula is C28H38F2N8. The molecule has 3 heterocycles. The third kappa shape index (κ3) is 5.61. The Balaban J connectivity index is 1.17. The number of hydrogen-bond donors (Lipinski definition) is 3. The summed E-state index contributed by atoms with van der Waals surface area (Å²) in [4.78, 5) is 14.6. The SMILES string of the molecule is NC1CCC(Nc2nc(NN3CCC(Cc4ccc(F)cc4F)CC3)c3ncn(C4CCCC4)c3n2)CC1. The maximum Gasteiger partial charge on any atom is 0.227 e. The number of nitrogens with two attached hydrogens (primary N) is 1. The Bertz CT molecular complexity index is 1240. The molecule has 2 saturated carbocycles. The van der Waals surface area contributed by atoms with E-state index in [1.165, 1.54) is 18.9 Å². The molecule has 1 aliphatic heterocycles. The van der Waals surface area contributed by atoms with Crippen LogP contribution in [0, 0.1) is 17.6 Å². The molecule has 2 aliphatic carbocycles. The van der Waals surface area contributed by atoms with Crippen molar-refractivity contribution >= 4 is 22.9 Å². The van der Waals surface area contributed by atoms with Crippen molar-refractivity contribution in [3.05, 3.63) is 41.7 Å². The topological polar surface area (TPSA) is 96.9 Å². The first-order valence-corrected chi connectivity index (χ1v) is 14.2. The molecule has 1 aromatic carbocycles. The van der Waals surface area contributed by atoms with E-state index < -0.39 is 11.6 Å². The Morgan fingerprint density at radius 2 is 1.71 bits per heavy atom. The van der Waals surface area contributed by atoms with Gasteiger partial charge in [0.2, 0.25) is 5.95 Å². The fourth-order valence-corrected chi connectivity index (χ4v) is 6.35. The molecule has 0 amide bonds. The Kier molecular flexibility index (Phi) is 7.43. The minimum absolute atomic E-state index is 0.292. The van der Waals surface area contributed by atoms with Gasteiger partial charge in [0, 0.05) is 37.3 Å². The first kappa shape index (κ1) is 25.4. The number of aromatic nitrogens is 4. The highest BCUT2D eigenvalue weighted by atomic mass is 19.1. The smallest absolute Gasteiger partial charge is 0.227 e. The van der Waals surface area contributed by atoms with Crippen molar-refractivity contribution in [1.29, 1.82) is 0 Å². The Labute approximate surface area is 222 Å². The number of imidazole rings is 1. The molecule has 1 saturated heterocycles. The van der Waals surface area contributed by atoms with Gasteiger partial charge in [-0.25, -0.2) is 18.8 Å². The van der Waals surface area contributed by atoms with E-state index in [-0.39, 0.29) is 0 Å². The second-order valence-corrected chi connectivity index (χ2v) is 11.4. The lowest BCUT2D eigenvalue weighted by molar-refractivity contribution is 0.215. The van der Waals surface area contributed by atoms with E-state index in [1.807, 2.05) is 6.33 Å². The van der Waals surface area contributed by atoms with Crippen LogP contribution in [0.5, 0.6) is 0 Å². The number of piperidine rings is 1. The average Bonchev–Trinajstić information content (AvgIpc) is 3.58. The van der Waals surface area contributed by atoms with Crippen molar-refractivity contribution in [3.63, 3.8) is 0 Å². The molecule has 4 N–H and O–H groups in total. The lowest BCUT2D eigenvalue weighted by atomic mass is 9.90. The van der Waals surface area contributed by atoms with Crippen molar-refractivity contribution in [1.82, 2.24) is 24.5 Å². The molecule has 3 fully saturated rings. The summed E-state index contributed by atoms with van der Waals surface area (Å²) in [7, 11) is 0. The predicted octanol–water partition coefficient (Wildman–Crippen LogP) is 5.18. The highest BCUT2D eigenvalue weighted by Crippen LogP contribution is 2.34. The lowest BCUT2D eigenvalue weighted by Gasteiger charge is -2.32. The fourth-order valence-electron chi connectivity index (χ4n) is 6.35. The summed E-state index contributed by atoms with van der Waals surface area (Å²) >= 11 is 0. The van der Waals surface area contributed by atoms with E-state index in [9.17, 15) is 8.78 Å². The van der Waals surface area contributed by atoms with Crippen LogP contribution in [0.3, 0.4) is 0 Å². The summed E-state index contributed by atoms with van der Waals surface area (Å²) in [6.07, 6.45) is 13.3. The Hall–Kier alpha value is -2.85. The molecule has 10 heteroatoms. The van der Waals surface area contributed by atoms with E-state index in [1.54, 1.807) is 6.07 Å². The Morgan fingerprint density at radius 3 is 2.45 bits per heavy atom. The number of benzene rings is 1. The van der Waals surface area contributed by atoms with E-state index in [4.69, 9.17) is 20.7 Å². The zero-order valence-electron chi connectivity index (χ0n) is 21.9. The molecule has 0 atom stereocenters. The van der Waals surface area contributed by atoms with Crippen molar-refractivity contribution in [2.75, 3.05) is 23.8 Å². The van der Waals surface area contributed by atoms with Crippen LogP contribution < -0.4 is 16.5 Å². The van der Waals surface area contributed by atoms with Crippen LogP contribution in [-0.4, -0.2) is 49.7 Å². The van der Waals surface area contributed by atoms with Gasteiger partial charge in [0.05, 0.1) is 6.33 Å². The van der Waals surface area contributed by atoms with Crippen LogP contribution in [0.1, 0.15) is 75.8 Å². The van der Waals surface area contributed by atoms with Crippen LogP contribution in [-0.2, 0) is 6.42 Å². The lowest BCUT2D eigenvalue weighted by Crippen LogP contribution is -2.39. The molecule has 204 valence electrons. The van der Waals surface area contributed by atoms with Gasteiger partial charge in [-0.05, 0) is 75.3 Å². The number of halogens is 2. The molecular weight excluding hydrogens is 486 g/mol. The largest absolute Gasteiger partial charge is 0.351 e. The van der Waals surface area contributed by atoms with Gasteiger partial charge in [0.25, 0.3) is 0 Å². The molecule has 2 aromatic heterocycles. The van der Waals surface area contributed by atoms with E-state index in [0.29, 0.717) is 42.0 Å². The van der Waals surface area contributed by atoms with Gasteiger partial charge in [-0.2, -0.15) is 9.97 Å². The van der Waals surface area contributed by atoms with E-state index >= 15 is 0 Å². The highest BCUT2D eigenvalue weighted by Gasteiger charge is 2.26. The third-order valence-corrected chi connectivity index (χ3v) is 8.65. The predicted molar refractivity (Wildman–Crippen MR) is 145 cm³/mol. The molecule has 6 rings (SSSR count). The van der Waals surface area contributed by atoms with Gasteiger partial charge < -0.3 is 21.0 Å². The summed E-state index contributed by atoms with van der Waals surface area (Å²) in [5.74, 6) is 0.742. The molecule has 0 bridgehead atoms. The first-order chi connectivity index (χ1) is 18.5. The van der Waals surface area contributed by atoms with Crippen molar-refractivity contribution < 1.29 is 8.78 Å². The van der Waals surface area contributed by atoms with Crippen molar-refractivity contribution in [3.8, 4) is 0 Å². The van der Waals surface area contributed by atoms with Gasteiger partial charge in [-0.3, -0.25) is 0 Å². The molecule has 0 unspecified atom stereocenters. The number of nitrogens with one attached hydrogen (secondary N) is 2. The molecule has 38 heavy (non-hydrogen) atoms. The second kappa shape index (κ2) is 11.1. The minimum atomic E-state index is -0.530.